The molecule has 0 aromatic heterocycles. The predicted molar refractivity (Wildman–Crippen MR) is 176 cm³/mol. The summed E-state index contributed by atoms with van der Waals surface area (Å²) in [5.74, 6) is 3.63. The van der Waals surface area contributed by atoms with Crippen LogP contribution in [-0.4, -0.2) is 40.3 Å². The van der Waals surface area contributed by atoms with Crippen LogP contribution < -0.4 is 28.4 Å². The van der Waals surface area contributed by atoms with E-state index in [4.69, 9.17) is 33.2 Å². The fourth-order valence-electron chi connectivity index (χ4n) is 5.86. The van der Waals surface area contributed by atoms with Gasteiger partial charge in [-0.1, -0.05) is 56.3 Å². The van der Waals surface area contributed by atoms with Crippen LogP contribution in [0.15, 0.2) is 84.9 Å². The summed E-state index contributed by atoms with van der Waals surface area (Å²) >= 11 is 0. The molecule has 8 heteroatoms. The number of ether oxygens (including phenoxy) is 7. The molecule has 0 aliphatic carbocycles. The molecule has 0 amide bonds. The second-order valence-electron chi connectivity index (χ2n) is 11.5. The van der Waals surface area contributed by atoms with E-state index in [1.807, 2.05) is 66.7 Å². The average Bonchev–Trinajstić information content (AvgIpc) is 3.40. The van der Waals surface area contributed by atoms with Crippen LogP contribution in [0.25, 0.3) is 0 Å². The monoisotopic (exact) mass is 626 g/mol. The fourth-order valence-corrected chi connectivity index (χ4v) is 5.86. The van der Waals surface area contributed by atoms with Crippen molar-refractivity contribution in [1.82, 2.24) is 0 Å². The summed E-state index contributed by atoms with van der Waals surface area (Å²) in [5.41, 5.74) is 3.55. The molecular formula is C38H42O8. The van der Waals surface area contributed by atoms with Gasteiger partial charge in [0, 0.05) is 5.56 Å². The maximum absolute atomic E-state index is 13.2. The van der Waals surface area contributed by atoms with Crippen molar-refractivity contribution in [1.29, 1.82) is 0 Å². The van der Waals surface area contributed by atoms with Crippen molar-refractivity contribution >= 4 is 5.78 Å². The first kappa shape index (κ1) is 32.7. The highest BCUT2D eigenvalue weighted by Crippen LogP contribution is 2.51. The number of carbonyl (C=O) groups excluding carboxylic acids is 1. The van der Waals surface area contributed by atoms with Crippen molar-refractivity contribution in [2.45, 2.75) is 45.7 Å². The number of carbonyl (C=O) groups is 1. The lowest BCUT2D eigenvalue weighted by molar-refractivity contribution is 0.0287. The summed E-state index contributed by atoms with van der Waals surface area (Å²) in [5, 5.41) is 0. The normalized spacial score (nSPS) is 19.6. The number of Topliss-reactive ketones (excluding diaryl/α,β-unsaturated/α-hetero) is 1. The van der Waals surface area contributed by atoms with Gasteiger partial charge in [-0.05, 0) is 77.9 Å². The molecule has 0 spiro atoms. The summed E-state index contributed by atoms with van der Waals surface area (Å²) < 4.78 is 41.0. The van der Waals surface area contributed by atoms with Crippen molar-refractivity contribution in [3.63, 3.8) is 0 Å². The minimum Gasteiger partial charge on any atom is -0.493 e. The van der Waals surface area contributed by atoms with Crippen molar-refractivity contribution in [2.75, 3.05) is 28.4 Å². The molecule has 1 aliphatic rings. The molecule has 1 fully saturated rings. The lowest BCUT2D eigenvalue weighted by atomic mass is 9.85. The molecule has 5 rings (SSSR count). The first-order valence-electron chi connectivity index (χ1n) is 15.4. The Morgan fingerprint density at radius 2 is 1.17 bits per heavy atom. The molecular weight excluding hydrogens is 584 g/mol. The van der Waals surface area contributed by atoms with Gasteiger partial charge in [-0.2, -0.15) is 0 Å². The topological polar surface area (TPSA) is 81.7 Å². The van der Waals surface area contributed by atoms with Gasteiger partial charge in [0.2, 0.25) is 5.78 Å². The van der Waals surface area contributed by atoms with E-state index in [-0.39, 0.29) is 29.8 Å². The number of benzene rings is 4. The van der Waals surface area contributed by atoms with Crippen LogP contribution in [-0.2, 0) is 11.3 Å². The molecule has 46 heavy (non-hydrogen) atoms. The van der Waals surface area contributed by atoms with E-state index in [0.29, 0.717) is 46.7 Å². The quantitative estimate of drug-likeness (QED) is 0.138. The van der Waals surface area contributed by atoms with Crippen molar-refractivity contribution in [3.05, 3.63) is 107 Å². The Hall–Kier alpha value is -4.69. The number of ketones is 1. The Labute approximate surface area is 271 Å². The predicted octanol–water partition coefficient (Wildman–Crippen LogP) is 8.04. The first-order chi connectivity index (χ1) is 22.3. The third-order valence-electron chi connectivity index (χ3n) is 8.69. The first-order valence-corrected chi connectivity index (χ1v) is 15.4. The molecule has 4 aromatic carbocycles. The van der Waals surface area contributed by atoms with Crippen molar-refractivity contribution in [3.8, 4) is 34.5 Å². The number of rotatable bonds is 13. The van der Waals surface area contributed by atoms with E-state index < -0.39 is 6.10 Å². The van der Waals surface area contributed by atoms with Gasteiger partial charge in [-0.15, -0.1) is 0 Å². The molecule has 0 N–H and O–H groups in total. The van der Waals surface area contributed by atoms with Gasteiger partial charge in [0.25, 0.3) is 0 Å². The molecule has 242 valence electrons. The Morgan fingerprint density at radius 1 is 0.652 bits per heavy atom. The van der Waals surface area contributed by atoms with Crippen molar-refractivity contribution in [2.24, 2.45) is 11.8 Å². The molecule has 1 heterocycles. The molecule has 1 saturated heterocycles. The minimum atomic E-state index is -0.765. The zero-order chi connectivity index (χ0) is 32.8. The summed E-state index contributed by atoms with van der Waals surface area (Å²) in [6, 6.07) is 26.8. The molecule has 1 aliphatic heterocycles. The van der Waals surface area contributed by atoms with E-state index in [0.717, 1.165) is 16.7 Å². The smallest absolute Gasteiger partial charge is 0.203 e. The summed E-state index contributed by atoms with van der Waals surface area (Å²) in [4.78, 5) is 13.2. The number of methoxy groups -OCH3 is 4. The summed E-state index contributed by atoms with van der Waals surface area (Å²) in [6.07, 6.45) is -1.08. The van der Waals surface area contributed by atoms with Gasteiger partial charge in [0.05, 0.1) is 40.6 Å². The van der Waals surface area contributed by atoms with E-state index in [2.05, 4.69) is 13.8 Å². The van der Waals surface area contributed by atoms with E-state index in [1.54, 1.807) is 46.5 Å². The van der Waals surface area contributed by atoms with E-state index >= 15 is 0 Å². The van der Waals surface area contributed by atoms with Crippen LogP contribution in [0, 0.1) is 11.8 Å². The summed E-state index contributed by atoms with van der Waals surface area (Å²) in [7, 11) is 6.32. The average molecular weight is 627 g/mol. The molecule has 8 nitrogen and oxygen atoms in total. The van der Waals surface area contributed by atoms with Crippen LogP contribution in [0.1, 0.15) is 60.0 Å². The van der Waals surface area contributed by atoms with Gasteiger partial charge < -0.3 is 33.2 Å². The highest BCUT2D eigenvalue weighted by atomic mass is 16.5. The maximum atomic E-state index is 13.2. The van der Waals surface area contributed by atoms with E-state index in [1.165, 1.54) is 7.11 Å². The highest BCUT2D eigenvalue weighted by Gasteiger charge is 2.41. The van der Waals surface area contributed by atoms with Gasteiger partial charge in [-0.25, -0.2) is 0 Å². The SMILES string of the molecule is COc1ccc(C(=O)[C@@H](C)Oc2ccc([C@H]3O[C@H](c4ccc(OCc5ccccc5)c(OC)c4)[C@H](C)[C@H]3C)cc2OC)cc1OC. The van der Waals surface area contributed by atoms with Gasteiger partial charge >= 0.3 is 0 Å². The third kappa shape index (κ3) is 6.92. The van der Waals surface area contributed by atoms with Gasteiger partial charge in [0.1, 0.15) is 6.61 Å². The molecule has 0 radical (unpaired) electrons. The maximum Gasteiger partial charge on any atom is 0.203 e. The zero-order valence-electron chi connectivity index (χ0n) is 27.4. The fraction of sp³-hybridized carbons (Fsp3) is 0.342. The van der Waals surface area contributed by atoms with Gasteiger partial charge in [-0.3, -0.25) is 4.79 Å². The van der Waals surface area contributed by atoms with Gasteiger partial charge in [0.15, 0.2) is 40.6 Å². The van der Waals surface area contributed by atoms with Crippen LogP contribution in [0.3, 0.4) is 0 Å². The Balaban J connectivity index is 1.29. The molecule has 0 bridgehead atoms. The third-order valence-corrected chi connectivity index (χ3v) is 8.69. The minimum absolute atomic E-state index is 0.141. The van der Waals surface area contributed by atoms with E-state index in [9.17, 15) is 4.79 Å². The summed E-state index contributed by atoms with van der Waals surface area (Å²) in [6.45, 7) is 6.58. The van der Waals surface area contributed by atoms with Crippen LogP contribution in [0.2, 0.25) is 0 Å². The molecule has 4 aromatic rings. The lowest BCUT2D eigenvalue weighted by Crippen LogP contribution is -2.24. The highest BCUT2D eigenvalue weighted by molar-refractivity contribution is 6.00. The van der Waals surface area contributed by atoms with Crippen LogP contribution in [0.4, 0.5) is 0 Å². The number of hydrogen-bond donors (Lipinski definition) is 0. The number of hydrogen-bond acceptors (Lipinski definition) is 8. The Morgan fingerprint density at radius 3 is 1.76 bits per heavy atom. The second kappa shape index (κ2) is 14.6. The Bertz CT molecular complexity index is 1640. The second-order valence-corrected chi connectivity index (χ2v) is 11.5. The van der Waals surface area contributed by atoms with Crippen LogP contribution >= 0.6 is 0 Å². The standard InChI is InChI=1S/C38H42O8/c1-23-24(2)38(46-37(23)28-14-17-31(34(20-28)42-6)44-22-26-11-9-8-10-12-26)29-15-18-32(35(21-29)43-7)45-25(3)36(39)27-13-16-30(40-4)33(19-27)41-5/h8-21,23-25,37-38H,22H2,1-7H3/t23-,24-,25-,37+,38+/m1/s1. The Kier molecular flexibility index (Phi) is 10.4. The largest absolute Gasteiger partial charge is 0.493 e. The molecule has 0 unspecified atom stereocenters. The zero-order valence-corrected chi connectivity index (χ0v) is 27.4. The molecule has 0 saturated carbocycles. The lowest BCUT2D eigenvalue weighted by Gasteiger charge is -2.20. The van der Waals surface area contributed by atoms with Crippen molar-refractivity contribution < 1.29 is 38.0 Å². The molecule has 5 atom stereocenters. The van der Waals surface area contributed by atoms with Crippen LogP contribution in [0.5, 0.6) is 34.5 Å².